The van der Waals surface area contributed by atoms with Crippen LogP contribution in [0, 0.1) is 5.82 Å². The highest BCUT2D eigenvalue weighted by molar-refractivity contribution is 7.80. The van der Waals surface area contributed by atoms with Crippen molar-refractivity contribution in [1.82, 2.24) is 0 Å². The predicted octanol–water partition coefficient (Wildman–Crippen LogP) is 5.00. The van der Waals surface area contributed by atoms with E-state index in [9.17, 15) is 9.18 Å². The van der Waals surface area contributed by atoms with Gasteiger partial charge in [-0.25, -0.2) is 9.18 Å². The van der Waals surface area contributed by atoms with Gasteiger partial charge in [0.1, 0.15) is 11.6 Å². The molecule has 0 spiro atoms. The lowest BCUT2D eigenvalue weighted by Gasteiger charge is -2.21. The third-order valence-corrected chi connectivity index (χ3v) is 3.25. The maximum atomic E-state index is 13.4. The Kier molecular flexibility index (Phi) is 6.26. The minimum atomic E-state index is -0.557. The molecule has 0 atom stereocenters. The molecular formula is C18H19FN2O2S. The number of thiocarbonyl (C=S) groups is 1. The van der Waals surface area contributed by atoms with Crippen LogP contribution in [0.4, 0.5) is 20.6 Å². The summed E-state index contributed by atoms with van der Waals surface area (Å²) in [6.45, 7) is 4.13. The monoisotopic (exact) mass is 346 g/mol. The van der Waals surface area contributed by atoms with E-state index in [0.717, 1.165) is 12.1 Å². The number of nitrogens with one attached hydrogen (secondary N) is 1. The highest BCUT2D eigenvalue weighted by atomic mass is 32.1. The van der Waals surface area contributed by atoms with Crippen LogP contribution < -0.4 is 15.0 Å². The largest absolute Gasteiger partial charge is 0.419 e. The van der Waals surface area contributed by atoms with Crippen molar-refractivity contribution in [3.8, 4) is 5.75 Å². The van der Waals surface area contributed by atoms with Gasteiger partial charge in [0.25, 0.3) is 0 Å². The van der Waals surface area contributed by atoms with E-state index in [2.05, 4.69) is 5.32 Å². The minimum absolute atomic E-state index is 0.388. The number of rotatable bonds is 5. The highest BCUT2D eigenvalue weighted by Crippen LogP contribution is 2.21. The number of hydrogen-bond donors (Lipinski definition) is 1. The van der Waals surface area contributed by atoms with Crippen molar-refractivity contribution >= 4 is 34.7 Å². The number of hydrogen-bond acceptors (Lipinski definition) is 3. The second kappa shape index (κ2) is 8.40. The van der Waals surface area contributed by atoms with Crippen molar-refractivity contribution in [3.05, 3.63) is 54.3 Å². The molecule has 1 N–H and O–H groups in total. The minimum Gasteiger partial charge on any atom is -0.410 e. The van der Waals surface area contributed by atoms with Gasteiger partial charge in [0, 0.05) is 24.0 Å². The second-order valence-electron chi connectivity index (χ2n) is 5.21. The van der Waals surface area contributed by atoms with Crippen LogP contribution in [0.2, 0.25) is 0 Å². The zero-order chi connectivity index (χ0) is 17.5. The summed E-state index contributed by atoms with van der Waals surface area (Å²) in [6.07, 6.45) is 0.163. The normalized spacial score (nSPS) is 10.1. The first-order chi connectivity index (χ1) is 11.5. The zero-order valence-corrected chi connectivity index (χ0v) is 14.4. The first kappa shape index (κ1) is 17.9. The summed E-state index contributed by atoms with van der Waals surface area (Å²) >= 11 is 5.00. The third kappa shape index (κ3) is 5.03. The van der Waals surface area contributed by atoms with Gasteiger partial charge in [-0.15, -0.1) is 0 Å². The predicted molar refractivity (Wildman–Crippen MR) is 98.4 cm³/mol. The molecule has 24 heavy (non-hydrogen) atoms. The lowest BCUT2D eigenvalue weighted by atomic mass is 10.2. The first-order valence-electron chi connectivity index (χ1n) is 7.62. The molecule has 4 nitrogen and oxygen atoms in total. The van der Waals surface area contributed by atoms with E-state index >= 15 is 0 Å². The molecule has 0 aliphatic heterocycles. The summed E-state index contributed by atoms with van der Waals surface area (Å²) in [5.41, 5.74) is 1.20. The number of benzene rings is 2. The van der Waals surface area contributed by atoms with Gasteiger partial charge in [0.05, 0.1) is 4.99 Å². The van der Waals surface area contributed by atoms with Gasteiger partial charge < -0.3 is 10.1 Å². The van der Waals surface area contributed by atoms with Crippen molar-refractivity contribution in [1.29, 1.82) is 0 Å². The summed E-state index contributed by atoms with van der Waals surface area (Å²) in [7, 11) is 0. The van der Waals surface area contributed by atoms with Gasteiger partial charge in [0.15, 0.2) is 0 Å². The van der Waals surface area contributed by atoms with Crippen LogP contribution in [0.1, 0.15) is 20.3 Å². The Morgan fingerprint density at radius 1 is 1.25 bits per heavy atom. The number of carbonyl (C=O) groups is 1. The Morgan fingerprint density at radius 2 is 2.00 bits per heavy atom. The fourth-order valence-corrected chi connectivity index (χ4v) is 2.31. The maximum absolute atomic E-state index is 13.4. The van der Waals surface area contributed by atoms with Crippen LogP contribution in [-0.2, 0) is 0 Å². The molecule has 0 unspecified atom stereocenters. The molecule has 0 fully saturated rings. The molecule has 0 saturated carbocycles. The molecule has 0 saturated heterocycles. The van der Waals surface area contributed by atoms with Crippen LogP contribution >= 0.6 is 12.2 Å². The number of anilines is 2. The highest BCUT2D eigenvalue weighted by Gasteiger charge is 2.18. The van der Waals surface area contributed by atoms with Crippen LogP contribution in [-0.4, -0.2) is 17.6 Å². The topological polar surface area (TPSA) is 41.6 Å². The van der Waals surface area contributed by atoms with E-state index < -0.39 is 11.9 Å². The van der Waals surface area contributed by atoms with Crippen molar-refractivity contribution in [2.24, 2.45) is 0 Å². The van der Waals surface area contributed by atoms with Crippen LogP contribution in [0.25, 0.3) is 0 Å². The molecule has 2 aromatic rings. The van der Waals surface area contributed by atoms with Crippen LogP contribution in [0.15, 0.2) is 48.5 Å². The Hall–Kier alpha value is -2.47. The molecular weight excluding hydrogens is 327 g/mol. The molecule has 2 rings (SSSR count). The van der Waals surface area contributed by atoms with Gasteiger partial charge in [-0.3, -0.25) is 4.90 Å². The summed E-state index contributed by atoms with van der Waals surface area (Å²) in [5.74, 6) is -0.0113. The molecule has 0 aromatic heterocycles. The smallest absolute Gasteiger partial charge is 0.410 e. The van der Waals surface area contributed by atoms with Crippen LogP contribution in [0.3, 0.4) is 0 Å². The average molecular weight is 346 g/mol. The Morgan fingerprint density at radius 3 is 2.67 bits per heavy atom. The van der Waals surface area contributed by atoms with Gasteiger partial charge in [-0.1, -0.05) is 31.3 Å². The van der Waals surface area contributed by atoms with E-state index in [4.69, 9.17) is 17.0 Å². The average Bonchev–Trinajstić information content (AvgIpc) is 2.52. The fourth-order valence-electron chi connectivity index (χ4n) is 2.19. The molecule has 6 heteroatoms. The van der Waals surface area contributed by atoms with Gasteiger partial charge >= 0.3 is 6.09 Å². The van der Waals surface area contributed by atoms with E-state index in [0.29, 0.717) is 23.0 Å². The van der Waals surface area contributed by atoms with Crippen molar-refractivity contribution in [3.63, 3.8) is 0 Å². The SMILES string of the molecule is CCCN(C(=O)Oc1cccc(NC(C)=S)c1)c1cccc(F)c1. The molecule has 0 radical (unpaired) electrons. The second-order valence-corrected chi connectivity index (χ2v) is 5.82. The fraction of sp³-hybridized carbons (Fsp3) is 0.222. The molecule has 2 aromatic carbocycles. The van der Waals surface area contributed by atoms with Gasteiger partial charge in [0.2, 0.25) is 0 Å². The van der Waals surface area contributed by atoms with Gasteiger partial charge in [-0.05, 0) is 43.7 Å². The number of halogens is 1. The summed E-state index contributed by atoms with van der Waals surface area (Å²) < 4.78 is 18.9. The lowest BCUT2D eigenvalue weighted by Crippen LogP contribution is -2.34. The number of amides is 1. The van der Waals surface area contributed by atoms with E-state index in [1.807, 2.05) is 13.0 Å². The first-order valence-corrected chi connectivity index (χ1v) is 8.03. The van der Waals surface area contributed by atoms with E-state index in [1.54, 1.807) is 37.3 Å². The number of nitrogens with zero attached hydrogens (tertiary/aromatic N) is 1. The summed E-state index contributed by atoms with van der Waals surface area (Å²) in [6, 6.07) is 12.8. The standard InChI is InChI=1S/C18H19FN2O2S/c1-3-10-21(16-8-4-6-14(19)11-16)18(22)23-17-9-5-7-15(12-17)20-13(2)24/h4-9,11-12H,3,10H2,1-2H3,(H,20,24). The number of carbonyl (C=O) groups excluding carboxylic acids is 1. The van der Waals surface area contributed by atoms with Gasteiger partial charge in [-0.2, -0.15) is 0 Å². The van der Waals surface area contributed by atoms with Crippen molar-refractivity contribution in [2.45, 2.75) is 20.3 Å². The quantitative estimate of drug-likeness (QED) is 0.774. The Bertz CT molecular complexity index is 736. The van der Waals surface area contributed by atoms with E-state index in [1.165, 1.54) is 17.0 Å². The maximum Gasteiger partial charge on any atom is 0.419 e. The Labute approximate surface area is 146 Å². The van der Waals surface area contributed by atoms with E-state index in [-0.39, 0.29) is 0 Å². The molecule has 0 aliphatic carbocycles. The lowest BCUT2D eigenvalue weighted by molar-refractivity contribution is 0.207. The molecule has 1 amide bonds. The molecule has 0 heterocycles. The van der Waals surface area contributed by atoms with Crippen molar-refractivity contribution in [2.75, 3.05) is 16.8 Å². The Balaban J connectivity index is 2.17. The summed E-state index contributed by atoms with van der Waals surface area (Å²) in [4.78, 5) is 14.5. The summed E-state index contributed by atoms with van der Waals surface area (Å²) in [5, 5.41) is 2.99. The third-order valence-electron chi connectivity index (χ3n) is 3.15. The van der Waals surface area contributed by atoms with Crippen molar-refractivity contribution < 1.29 is 13.9 Å². The molecule has 126 valence electrons. The zero-order valence-electron chi connectivity index (χ0n) is 13.6. The number of ether oxygens (including phenoxy) is 1. The molecule has 0 aliphatic rings. The van der Waals surface area contributed by atoms with Crippen LogP contribution in [0.5, 0.6) is 5.75 Å². The molecule has 0 bridgehead atoms.